The Labute approximate surface area is 139 Å². The smallest absolute Gasteiger partial charge is 0.292 e. The molecule has 0 fully saturated rings. The van der Waals surface area contributed by atoms with Crippen LogP contribution in [0.1, 0.15) is 17.2 Å². The lowest BCUT2D eigenvalue weighted by atomic mass is 10.0. The molecule has 104 valence electrons. The van der Waals surface area contributed by atoms with Crippen molar-refractivity contribution < 1.29 is 8.98 Å². The molecule has 0 aliphatic carbocycles. The standard InChI is InChI=1S/C14H9IN4OS/c15-4-8-7-21-14-10(6-17)12(11-2-1-3-20-11)9(5-16)13(18)19(8)14/h1-3,8,18H,4,7H2/p+1. The van der Waals surface area contributed by atoms with E-state index < -0.39 is 0 Å². The fourth-order valence-electron chi connectivity index (χ4n) is 2.46. The van der Waals surface area contributed by atoms with E-state index in [-0.39, 0.29) is 6.04 Å². The molecule has 0 saturated carbocycles. The fraction of sp³-hybridized carbons (Fsp3) is 0.214. The van der Waals surface area contributed by atoms with E-state index in [1.54, 1.807) is 23.9 Å². The van der Waals surface area contributed by atoms with Gasteiger partial charge in [0.05, 0.1) is 11.8 Å². The summed E-state index contributed by atoms with van der Waals surface area (Å²) in [5.41, 5.74) is 7.48. The molecule has 2 N–H and O–H groups in total. The van der Waals surface area contributed by atoms with E-state index in [1.807, 2.05) is 4.57 Å². The number of nitrogens with two attached hydrogens (primary N) is 1. The van der Waals surface area contributed by atoms with Gasteiger partial charge in [-0.05, 0) is 12.1 Å². The van der Waals surface area contributed by atoms with Gasteiger partial charge in [0.1, 0.15) is 29.5 Å². The summed E-state index contributed by atoms with van der Waals surface area (Å²) in [5, 5.41) is 19.9. The number of aromatic nitrogens is 1. The zero-order chi connectivity index (χ0) is 15.0. The Morgan fingerprint density at radius 2 is 2.19 bits per heavy atom. The maximum Gasteiger partial charge on any atom is 0.292 e. The minimum Gasteiger partial charge on any atom is -0.464 e. The van der Waals surface area contributed by atoms with Crippen LogP contribution >= 0.6 is 34.4 Å². The average molecular weight is 409 g/mol. The molecule has 21 heavy (non-hydrogen) atoms. The molecule has 0 bridgehead atoms. The summed E-state index contributed by atoms with van der Waals surface area (Å²) < 4.78 is 8.19. The zero-order valence-electron chi connectivity index (χ0n) is 10.8. The van der Waals surface area contributed by atoms with Crippen LogP contribution in [0.25, 0.3) is 11.3 Å². The summed E-state index contributed by atoms with van der Waals surface area (Å²) in [6.45, 7) is 0. The van der Waals surface area contributed by atoms with Crippen molar-refractivity contribution in [3.8, 4) is 23.5 Å². The number of furan rings is 1. The quantitative estimate of drug-likeness (QED) is 0.468. The molecule has 7 heteroatoms. The van der Waals surface area contributed by atoms with Gasteiger partial charge in [0.15, 0.2) is 10.6 Å². The van der Waals surface area contributed by atoms with Crippen molar-refractivity contribution in [2.75, 3.05) is 15.9 Å². The zero-order valence-corrected chi connectivity index (χ0v) is 13.8. The lowest BCUT2D eigenvalue weighted by molar-refractivity contribution is -0.729. The number of alkyl halides is 1. The fourth-order valence-corrected chi connectivity index (χ4v) is 4.89. The first-order valence-corrected chi connectivity index (χ1v) is 8.67. The van der Waals surface area contributed by atoms with Crippen molar-refractivity contribution in [2.24, 2.45) is 0 Å². The number of anilines is 1. The summed E-state index contributed by atoms with van der Waals surface area (Å²) in [7, 11) is 0. The van der Waals surface area contributed by atoms with Crippen molar-refractivity contribution >= 4 is 40.2 Å². The predicted molar refractivity (Wildman–Crippen MR) is 86.8 cm³/mol. The maximum atomic E-state index is 9.58. The molecule has 3 heterocycles. The minimum absolute atomic E-state index is 0.204. The lowest BCUT2D eigenvalue weighted by Crippen LogP contribution is -2.43. The first-order valence-electron chi connectivity index (χ1n) is 6.16. The molecule has 2 aromatic rings. The summed E-state index contributed by atoms with van der Waals surface area (Å²) in [5.74, 6) is 1.76. The van der Waals surface area contributed by atoms with Gasteiger partial charge in [-0.1, -0.05) is 34.4 Å². The highest BCUT2D eigenvalue weighted by atomic mass is 127. The van der Waals surface area contributed by atoms with Crippen LogP contribution in [0.15, 0.2) is 27.8 Å². The van der Waals surface area contributed by atoms with Gasteiger partial charge in [0.25, 0.3) is 5.82 Å². The van der Waals surface area contributed by atoms with Crippen LogP contribution in [0.5, 0.6) is 0 Å². The van der Waals surface area contributed by atoms with Crippen LogP contribution in [-0.2, 0) is 0 Å². The van der Waals surface area contributed by atoms with Crippen LogP contribution in [0.2, 0.25) is 0 Å². The second-order valence-electron chi connectivity index (χ2n) is 4.51. The second-order valence-corrected chi connectivity index (χ2v) is 6.39. The van der Waals surface area contributed by atoms with E-state index in [0.717, 1.165) is 15.2 Å². The number of nitriles is 2. The minimum atomic E-state index is 0.204. The molecule has 0 spiro atoms. The van der Waals surface area contributed by atoms with Crippen molar-refractivity contribution in [3.05, 3.63) is 29.5 Å². The highest BCUT2D eigenvalue weighted by molar-refractivity contribution is 14.1. The van der Waals surface area contributed by atoms with Gasteiger partial charge < -0.3 is 4.42 Å². The summed E-state index contributed by atoms with van der Waals surface area (Å²) in [6.07, 6.45) is 1.52. The van der Waals surface area contributed by atoms with Crippen LogP contribution in [0.3, 0.4) is 0 Å². The Bertz CT molecular complexity index is 789. The number of halogens is 1. The van der Waals surface area contributed by atoms with Gasteiger partial charge in [0.2, 0.25) is 0 Å². The average Bonchev–Trinajstić information content (AvgIpc) is 3.16. The Morgan fingerprint density at radius 1 is 1.43 bits per heavy atom. The molecule has 2 aromatic heterocycles. The summed E-state index contributed by atoms with van der Waals surface area (Å²) in [6, 6.07) is 8.03. The monoisotopic (exact) mass is 409 g/mol. The third kappa shape index (κ3) is 2.08. The third-order valence-corrected chi connectivity index (χ3v) is 5.64. The van der Waals surface area contributed by atoms with Gasteiger partial charge in [-0.2, -0.15) is 10.5 Å². The van der Waals surface area contributed by atoms with Gasteiger partial charge in [-0.3, -0.25) is 5.73 Å². The molecule has 0 amide bonds. The first kappa shape index (κ1) is 14.2. The van der Waals surface area contributed by atoms with Gasteiger partial charge in [0, 0.05) is 10.2 Å². The van der Waals surface area contributed by atoms with Crippen molar-refractivity contribution in [1.29, 1.82) is 10.5 Å². The molecule has 3 rings (SSSR count). The number of nitrogens with zero attached hydrogens (tertiary/aromatic N) is 3. The van der Waals surface area contributed by atoms with E-state index in [2.05, 4.69) is 34.7 Å². The maximum absolute atomic E-state index is 9.58. The highest BCUT2D eigenvalue weighted by Crippen LogP contribution is 2.39. The van der Waals surface area contributed by atoms with Crippen LogP contribution in [0, 0.1) is 22.7 Å². The molecular weight excluding hydrogens is 399 g/mol. The van der Waals surface area contributed by atoms with Crippen LogP contribution in [-0.4, -0.2) is 10.2 Å². The SMILES string of the molecule is N#Cc1c(-c2ccco2)c(C#N)c2[n+](c1N)C(CI)CS2. The lowest BCUT2D eigenvalue weighted by Gasteiger charge is -2.12. The summed E-state index contributed by atoms with van der Waals surface area (Å²) >= 11 is 3.90. The molecule has 1 atom stereocenters. The van der Waals surface area contributed by atoms with E-state index >= 15 is 0 Å². The number of nitrogen functional groups attached to an aromatic ring is 1. The molecule has 1 unspecified atom stereocenters. The van der Waals surface area contributed by atoms with Crippen LogP contribution < -0.4 is 10.3 Å². The van der Waals surface area contributed by atoms with Gasteiger partial charge in [-0.15, -0.1) is 0 Å². The van der Waals surface area contributed by atoms with E-state index in [1.165, 1.54) is 6.26 Å². The number of pyridine rings is 1. The van der Waals surface area contributed by atoms with Crippen molar-refractivity contribution in [3.63, 3.8) is 0 Å². The molecule has 0 saturated heterocycles. The molecule has 1 aliphatic rings. The van der Waals surface area contributed by atoms with E-state index in [0.29, 0.717) is 28.3 Å². The predicted octanol–water partition coefficient (Wildman–Crippen LogP) is 2.64. The van der Waals surface area contributed by atoms with Crippen LogP contribution in [0.4, 0.5) is 5.82 Å². The van der Waals surface area contributed by atoms with E-state index in [9.17, 15) is 10.5 Å². The van der Waals surface area contributed by atoms with Gasteiger partial charge >= 0.3 is 0 Å². The topological polar surface area (TPSA) is 90.6 Å². The normalized spacial score (nSPS) is 16.2. The number of thioether (sulfide) groups is 1. The first-order chi connectivity index (χ1) is 10.2. The number of fused-ring (bicyclic) bond motifs is 1. The molecule has 5 nitrogen and oxygen atoms in total. The number of hydrogen-bond donors (Lipinski definition) is 1. The second kappa shape index (κ2) is 5.58. The Kier molecular flexibility index (Phi) is 3.79. The number of rotatable bonds is 2. The molecular formula is C14H10IN4OS+. The van der Waals surface area contributed by atoms with Gasteiger partial charge in [-0.25, -0.2) is 4.57 Å². The summed E-state index contributed by atoms with van der Waals surface area (Å²) in [4.78, 5) is 0. The Balaban J connectivity index is 2.41. The molecule has 0 aromatic carbocycles. The Hall–Kier alpha value is -1.71. The largest absolute Gasteiger partial charge is 0.464 e. The van der Waals surface area contributed by atoms with Crippen molar-refractivity contribution in [2.45, 2.75) is 11.1 Å². The Morgan fingerprint density at radius 3 is 2.76 bits per heavy atom. The number of hydrogen-bond acceptors (Lipinski definition) is 5. The highest BCUT2D eigenvalue weighted by Gasteiger charge is 2.37. The third-order valence-electron chi connectivity index (χ3n) is 3.40. The molecule has 1 aliphatic heterocycles. The van der Waals surface area contributed by atoms with E-state index in [4.69, 9.17) is 10.2 Å². The van der Waals surface area contributed by atoms with Crippen molar-refractivity contribution in [1.82, 2.24) is 0 Å². The molecule has 0 radical (unpaired) electrons.